The Morgan fingerprint density at radius 3 is 1.96 bits per heavy atom. The van der Waals surface area contributed by atoms with Gasteiger partial charge in [0.15, 0.2) is 5.54 Å². The first-order chi connectivity index (χ1) is 12.2. The summed E-state index contributed by atoms with van der Waals surface area (Å²) in [6, 6.07) is 4.21. The number of aryl methyl sites for hydroxylation is 2. The zero-order valence-corrected chi connectivity index (χ0v) is 16.2. The van der Waals surface area contributed by atoms with Crippen LogP contribution in [-0.2, 0) is 5.54 Å². The third kappa shape index (κ3) is 3.52. The van der Waals surface area contributed by atoms with E-state index in [4.69, 9.17) is 0 Å². The van der Waals surface area contributed by atoms with Gasteiger partial charge in [0.05, 0.1) is 5.69 Å². The summed E-state index contributed by atoms with van der Waals surface area (Å²) in [4.78, 5) is 13.0. The Bertz CT molecular complexity index is 816. The summed E-state index contributed by atoms with van der Waals surface area (Å²) in [7, 11) is 0. The predicted molar refractivity (Wildman–Crippen MR) is 97.2 cm³/mol. The van der Waals surface area contributed by atoms with Crippen molar-refractivity contribution in [3.05, 3.63) is 47.3 Å². The van der Waals surface area contributed by atoms with E-state index in [-0.39, 0.29) is 5.56 Å². The largest absolute Gasteiger partial charge is 0.465 e. The Balaban J connectivity index is 2.74. The van der Waals surface area contributed by atoms with Gasteiger partial charge in [0.2, 0.25) is 0 Å². The number of hydrogen-bond donors (Lipinski definition) is 1. The average molecular weight is 383 g/mol. The molecule has 2 aromatic rings. The van der Waals surface area contributed by atoms with Gasteiger partial charge >= 0.3 is 12.3 Å². The molecular weight excluding hydrogens is 359 g/mol. The molecule has 8 heteroatoms. The molecule has 1 aromatic heterocycles. The number of alkyl halides is 3. The van der Waals surface area contributed by atoms with Crippen molar-refractivity contribution < 1.29 is 23.1 Å². The Labute approximate surface area is 156 Å². The molecule has 0 spiro atoms. The molecule has 0 aliphatic rings. The van der Waals surface area contributed by atoms with Crippen molar-refractivity contribution in [1.82, 2.24) is 9.78 Å². The summed E-state index contributed by atoms with van der Waals surface area (Å²) in [5.74, 6) is 0. The zero-order chi connectivity index (χ0) is 20.8. The highest BCUT2D eigenvalue weighted by Gasteiger charge is 2.55. The van der Waals surface area contributed by atoms with Crippen LogP contribution >= 0.6 is 0 Å². The fraction of sp³-hybridized carbons (Fsp3) is 0.474. The average Bonchev–Trinajstić information content (AvgIpc) is 3.01. The Morgan fingerprint density at radius 2 is 1.63 bits per heavy atom. The van der Waals surface area contributed by atoms with Crippen LogP contribution in [0.4, 0.5) is 23.7 Å². The highest BCUT2D eigenvalue weighted by Crippen LogP contribution is 2.44. The molecule has 148 valence electrons. The Kier molecular flexibility index (Phi) is 5.07. The minimum atomic E-state index is -4.60. The van der Waals surface area contributed by atoms with Crippen molar-refractivity contribution in [1.29, 1.82) is 0 Å². The van der Waals surface area contributed by atoms with Crippen LogP contribution in [0.2, 0.25) is 0 Å². The number of anilines is 1. The summed E-state index contributed by atoms with van der Waals surface area (Å²) < 4.78 is 43.0. The predicted octanol–water partition coefficient (Wildman–Crippen LogP) is 5.11. The fourth-order valence-electron chi connectivity index (χ4n) is 3.27. The van der Waals surface area contributed by atoms with E-state index in [1.54, 1.807) is 34.6 Å². The first-order valence-electron chi connectivity index (χ1n) is 8.43. The van der Waals surface area contributed by atoms with E-state index in [9.17, 15) is 23.1 Å². The molecule has 0 aliphatic carbocycles. The lowest BCUT2D eigenvalue weighted by molar-refractivity contribution is -0.197. The van der Waals surface area contributed by atoms with E-state index in [1.807, 2.05) is 0 Å². The highest BCUT2D eigenvalue weighted by molar-refractivity contribution is 5.90. The fourth-order valence-corrected chi connectivity index (χ4v) is 3.27. The quantitative estimate of drug-likeness (QED) is 0.801. The van der Waals surface area contributed by atoms with Gasteiger partial charge in [-0.1, -0.05) is 12.1 Å². The van der Waals surface area contributed by atoms with E-state index < -0.39 is 23.3 Å². The molecule has 1 unspecified atom stereocenters. The van der Waals surface area contributed by atoms with E-state index in [1.165, 1.54) is 35.5 Å². The molecule has 0 bridgehead atoms. The highest BCUT2D eigenvalue weighted by atomic mass is 19.4. The summed E-state index contributed by atoms with van der Waals surface area (Å²) in [6.07, 6.45) is -3.20. The van der Waals surface area contributed by atoms with Crippen molar-refractivity contribution in [3.63, 3.8) is 0 Å². The van der Waals surface area contributed by atoms with Crippen molar-refractivity contribution in [3.8, 4) is 0 Å². The van der Waals surface area contributed by atoms with Gasteiger partial charge in [-0.25, -0.2) is 4.79 Å². The van der Waals surface area contributed by atoms with Gasteiger partial charge in [0.25, 0.3) is 0 Å². The van der Waals surface area contributed by atoms with Crippen LogP contribution in [0.15, 0.2) is 30.6 Å². The smallest absolute Gasteiger partial charge is 0.417 e. The number of nitrogens with zero attached hydrogens (tertiary/aromatic N) is 3. The van der Waals surface area contributed by atoms with Crippen LogP contribution < -0.4 is 4.90 Å². The summed E-state index contributed by atoms with van der Waals surface area (Å²) in [6.45, 7) is 9.50. The minimum absolute atomic E-state index is 0.00306. The van der Waals surface area contributed by atoms with E-state index in [2.05, 4.69) is 5.10 Å². The summed E-state index contributed by atoms with van der Waals surface area (Å²) in [5, 5.41) is 13.5. The van der Waals surface area contributed by atoms with Crippen LogP contribution in [0.5, 0.6) is 0 Å². The van der Waals surface area contributed by atoms with Crippen molar-refractivity contribution in [2.45, 2.75) is 58.8 Å². The molecule has 2 rings (SSSR count). The Morgan fingerprint density at radius 1 is 1.11 bits per heavy atom. The van der Waals surface area contributed by atoms with E-state index in [0.717, 1.165) is 11.6 Å². The van der Waals surface area contributed by atoms with Gasteiger partial charge < -0.3 is 5.11 Å². The molecule has 1 atom stereocenters. The topological polar surface area (TPSA) is 58.4 Å². The zero-order valence-electron chi connectivity index (χ0n) is 16.2. The van der Waals surface area contributed by atoms with Crippen LogP contribution in [0.3, 0.4) is 0 Å². The second kappa shape index (κ2) is 6.58. The van der Waals surface area contributed by atoms with Crippen molar-refractivity contribution in [2.75, 3.05) is 4.90 Å². The molecule has 0 radical (unpaired) electrons. The molecule has 1 amide bonds. The lowest BCUT2D eigenvalue weighted by Crippen LogP contribution is -2.47. The first-order valence-corrected chi connectivity index (χ1v) is 8.43. The standard InChI is InChI=1S/C19H24F3N3O2/c1-12-10-14(18(6,19(20,21)22)24-9-7-8-23-24)11-13(2)15(12)25(16(26)27)17(3,4)5/h7-11H,1-6H3,(H,26,27). The number of aromatic nitrogens is 2. The maximum absolute atomic E-state index is 14.0. The number of carboxylic acid groups (broad SMARTS) is 1. The number of halogens is 3. The molecule has 0 saturated carbocycles. The number of hydrogen-bond acceptors (Lipinski definition) is 2. The third-order valence-electron chi connectivity index (χ3n) is 4.65. The van der Waals surface area contributed by atoms with Gasteiger partial charge in [-0.3, -0.25) is 9.58 Å². The number of rotatable bonds is 3. The third-order valence-corrected chi connectivity index (χ3v) is 4.65. The monoisotopic (exact) mass is 383 g/mol. The first kappa shape index (κ1) is 20.8. The van der Waals surface area contributed by atoms with Crippen molar-refractivity contribution >= 4 is 11.8 Å². The van der Waals surface area contributed by atoms with Gasteiger partial charge in [-0.05, 0) is 64.3 Å². The molecule has 0 fully saturated rings. The lowest BCUT2D eigenvalue weighted by Gasteiger charge is -2.37. The van der Waals surface area contributed by atoms with Crippen LogP contribution in [0, 0.1) is 13.8 Å². The molecule has 1 aromatic carbocycles. The molecule has 1 heterocycles. The molecular formula is C19H24F3N3O2. The van der Waals surface area contributed by atoms with Crippen molar-refractivity contribution in [2.24, 2.45) is 0 Å². The van der Waals surface area contributed by atoms with Crippen LogP contribution in [0.1, 0.15) is 44.4 Å². The molecule has 27 heavy (non-hydrogen) atoms. The number of amides is 1. The van der Waals surface area contributed by atoms with E-state index in [0.29, 0.717) is 16.8 Å². The molecule has 0 saturated heterocycles. The van der Waals surface area contributed by atoms with Gasteiger partial charge in [-0.2, -0.15) is 18.3 Å². The van der Waals surface area contributed by atoms with Crippen LogP contribution in [0.25, 0.3) is 0 Å². The normalized spacial score (nSPS) is 14.7. The molecule has 0 aliphatic heterocycles. The van der Waals surface area contributed by atoms with Gasteiger partial charge in [0.1, 0.15) is 0 Å². The van der Waals surface area contributed by atoms with Gasteiger partial charge in [-0.15, -0.1) is 0 Å². The second-order valence-electron chi connectivity index (χ2n) is 7.77. The van der Waals surface area contributed by atoms with E-state index >= 15 is 0 Å². The maximum atomic E-state index is 14.0. The maximum Gasteiger partial charge on any atom is 0.417 e. The molecule has 1 N–H and O–H groups in total. The summed E-state index contributed by atoms with van der Waals surface area (Å²) in [5.41, 5.74) is -1.84. The molecule has 5 nitrogen and oxygen atoms in total. The Hall–Kier alpha value is -2.51. The van der Waals surface area contributed by atoms with Gasteiger partial charge in [0, 0.05) is 17.9 Å². The summed E-state index contributed by atoms with van der Waals surface area (Å²) >= 11 is 0. The second-order valence-corrected chi connectivity index (χ2v) is 7.77. The lowest BCUT2D eigenvalue weighted by atomic mass is 9.87. The number of carbonyl (C=O) groups is 1. The van der Waals surface area contributed by atoms with Crippen LogP contribution in [-0.4, -0.2) is 32.7 Å². The SMILES string of the molecule is Cc1cc(C(C)(n2cccn2)C(F)(F)F)cc(C)c1N(C(=O)O)C(C)(C)C. The number of benzene rings is 1. The minimum Gasteiger partial charge on any atom is -0.465 e.